The van der Waals surface area contributed by atoms with Crippen LogP contribution in [0.2, 0.25) is 0 Å². The molecule has 1 saturated heterocycles. The van der Waals surface area contributed by atoms with Crippen LogP contribution in [-0.4, -0.2) is 27.5 Å². The van der Waals surface area contributed by atoms with Gasteiger partial charge in [-0.2, -0.15) is 0 Å². The molecule has 0 saturated carbocycles. The molecule has 2 aromatic heterocycles. The molecule has 1 aliphatic heterocycles. The van der Waals surface area contributed by atoms with E-state index in [1.807, 2.05) is 12.4 Å². The number of imidazole rings is 1. The van der Waals surface area contributed by atoms with E-state index in [-0.39, 0.29) is 0 Å². The Morgan fingerprint density at radius 2 is 2.44 bits per heavy atom. The Bertz CT molecular complexity index is 497. The number of hydrogen-bond acceptors (Lipinski definition) is 3. The summed E-state index contributed by atoms with van der Waals surface area (Å²) in [6.45, 7) is 4.33. The summed E-state index contributed by atoms with van der Waals surface area (Å²) in [7, 11) is 0. The Kier molecular flexibility index (Phi) is 2.36. The predicted molar refractivity (Wildman–Crippen MR) is 62.6 cm³/mol. The van der Waals surface area contributed by atoms with Crippen molar-refractivity contribution in [3.8, 4) is 0 Å². The number of aryl methyl sites for hydroxylation is 1. The summed E-state index contributed by atoms with van der Waals surface area (Å²) in [6.07, 6.45) is 6.13. The Morgan fingerprint density at radius 3 is 3.19 bits per heavy atom. The number of aromatic nitrogens is 3. The van der Waals surface area contributed by atoms with Crippen LogP contribution < -0.4 is 5.32 Å². The molecule has 3 rings (SSSR count). The fourth-order valence-corrected chi connectivity index (χ4v) is 2.50. The normalized spacial score (nSPS) is 21.4. The SMILES string of the molecule is Cc1c(C2CCCNC2)nc2ccncn12. The number of piperidine rings is 1. The predicted octanol–water partition coefficient (Wildman–Crippen LogP) is 1.50. The lowest BCUT2D eigenvalue weighted by Crippen LogP contribution is -2.28. The first-order valence-electron chi connectivity index (χ1n) is 5.85. The van der Waals surface area contributed by atoms with E-state index in [9.17, 15) is 0 Å². The van der Waals surface area contributed by atoms with Gasteiger partial charge in [0.05, 0.1) is 5.69 Å². The molecule has 0 amide bonds. The van der Waals surface area contributed by atoms with Crippen LogP contribution in [0.25, 0.3) is 5.65 Å². The molecule has 4 nitrogen and oxygen atoms in total. The van der Waals surface area contributed by atoms with Gasteiger partial charge in [0, 0.05) is 24.4 Å². The molecular weight excluding hydrogens is 200 g/mol. The molecule has 1 N–H and O–H groups in total. The van der Waals surface area contributed by atoms with Crippen molar-refractivity contribution in [2.45, 2.75) is 25.7 Å². The number of fused-ring (bicyclic) bond motifs is 1. The monoisotopic (exact) mass is 216 g/mol. The molecule has 0 spiro atoms. The Labute approximate surface area is 94.7 Å². The maximum Gasteiger partial charge on any atom is 0.139 e. The lowest BCUT2D eigenvalue weighted by Gasteiger charge is -2.21. The van der Waals surface area contributed by atoms with Crippen LogP contribution in [0.5, 0.6) is 0 Å². The van der Waals surface area contributed by atoms with Crippen molar-refractivity contribution in [2.24, 2.45) is 0 Å². The molecule has 0 aliphatic carbocycles. The van der Waals surface area contributed by atoms with Crippen LogP contribution in [0.15, 0.2) is 18.6 Å². The third-order valence-corrected chi connectivity index (χ3v) is 3.39. The molecule has 1 fully saturated rings. The number of hydrogen-bond donors (Lipinski definition) is 1. The molecule has 2 aromatic rings. The first-order valence-corrected chi connectivity index (χ1v) is 5.85. The smallest absolute Gasteiger partial charge is 0.139 e. The van der Waals surface area contributed by atoms with Crippen molar-refractivity contribution in [3.05, 3.63) is 30.0 Å². The van der Waals surface area contributed by atoms with Gasteiger partial charge in [-0.1, -0.05) is 0 Å². The summed E-state index contributed by atoms with van der Waals surface area (Å²) in [5, 5.41) is 3.44. The zero-order valence-corrected chi connectivity index (χ0v) is 9.48. The second-order valence-electron chi connectivity index (χ2n) is 4.43. The fraction of sp³-hybridized carbons (Fsp3) is 0.500. The minimum atomic E-state index is 0.564. The van der Waals surface area contributed by atoms with Gasteiger partial charge in [0.1, 0.15) is 12.0 Å². The third kappa shape index (κ3) is 1.50. The van der Waals surface area contributed by atoms with Gasteiger partial charge < -0.3 is 5.32 Å². The molecule has 1 aliphatic rings. The summed E-state index contributed by atoms with van der Waals surface area (Å²) in [6, 6.07) is 1.97. The highest BCUT2D eigenvalue weighted by Crippen LogP contribution is 2.25. The summed E-state index contributed by atoms with van der Waals surface area (Å²) in [5.74, 6) is 0.564. The van der Waals surface area contributed by atoms with Gasteiger partial charge in [-0.25, -0.2) is 9.97 Å². The molecule has 0 aromatic carbocycles. The minimum absolute atomic E-state index is 0.564. The van der Waals surface area contributed by atoms with Crippen LogP contribution in [0.3, 0.4) is 0 Å². The van der Waals surface area contributed by atoms with Crippen molar-refractivity contribution in [1.82, 2.24) is 19.7 Å². The zero-order chi connectivity index (χ0) is 11.0. The van der Waals surface area contributed by atoms with Gasteiger partial charge in [-0.3, -0.25) is 4.40 Å². The van der Waals surface area contributed by atoms with E-state index < -0.39 is 0 Å². The van der Waals surface area contributed by atoms with Gasteiger partial charge in [0.15, 0.2) is 0 Å². The zero-order valence-electron chi connectivity index (χ0n) is 9.48. The van der Waals surface area contributed by atoms with Gasteiger partial charge >= 0.3 is 0 Å². The van der Waals surface area contributed by atoms with E-state index in [0.717, 1.165) is 18.7 Å². The lowest BCUT2D eigenvalue weighted by atomic mass is 9.95. The fourth-order valence-electron chi connectivity index (χ4n) is 2.50. The first-order chi connectivity index (χ1) is 7.86. The number of nitrogens with zero attached hydrogens (tertiary/aromatic N) is 3. The van der Waals surface area contributed by atoms with E-state index in [1.165, 1.54) is 24.2 Å². The van der Waals surface area contributed by atoms with Crippen LogP contribution in [0.4, 0.5) is 0 Å². The van der Waals surface area contributed by atoms with Crippen molar-refractivity contribution in [2.75, 3.05) is 13.1 Å². The van der Waals surface area contributed by atoms with Crippen LogP contribution in [-0.2, 0) is 0 Å². The minimum Gasteiger partial charge on any atom is -0.316 e. The van der Waals surface area contributed by atoms with Crippen LogP contribution >= 0.6 is 0 Å². The van der Waals surface area contributed by atoms with Crippen molar-refractivity contribution >= 4 is 5.65 Å². The molecule has 0 radical (unpaired) electrons. The highest BCUT2D eigenvalue weighted by molar-refractivity contribution is 5.42. The molecule has 16 heavy (non-hydrogen) atoms. The van der Waals surface area contributed by atoms with Crippen molar-refractivity contribution in [3.63, 3.8) is 0 Å². The summed E-state index contributed by atoms with van der Waals surface area (Å²) in [5.41, 5.74) is 3.48. The molecule has 1 unspecified atom stereocenters. The van der Waals surface area contributed by atoms with Crippen LogP contribution in [0, 0.1) is 6.92 Å². The Morgan fingerprint density at radius 1 is 1.50 bits per heavy atom. The maximum absolute atomic E-state index is 4.72. The van der Waals surface area contributed by atoms with Crippen LogP contribution in [0.1, 0.15) is 30.1 Å². The van der Waals surface area contributed by atoms with E-state index >= 15 is 0 Å². The van der Waals surface area contributed by atoms with Crippen molar-refractivity contribution < 1.29 is 0 Å². The Hall–Kier alpha value is -1.42. The highest BCUT2D eigenvalue weighted by atomic mass is 15.1. The number of nitrogens with one attached hydrogen (secondary N) is 1. The summed E-state index contributed by atoms with van der Waals surface area (Å²) in [4.78, 5) is 8.86. The van der Waals surface area contributed by atoms with Gasteiger partial charge in [0.25, 0.3) is 0 Å². The third-order valence-electron chi connectivity index (χ3n) is 3.39. The Balaban J connectivity index is 2.05. The van der Waals surface area contributed by atoms with Gasteiger partial charge in [-0.05, 0) is 32.4 Å². The number of rotatable bonds is 1. The highest BCUT2D eigenvalue weighted by Gasteiger charge is 2.20. The maximum atomic E-state index is 4.72. The summed E-state index contributed by atoms with van der Waals surface area (Å²) >= 11 is 0. The lowest BCUT2D eigenvalue weighted by molar-refractivity contribution is 0.454. The van der Waals surface area contributed by atoms with Gasteiger partial charge in [0.2, 0.25) is 0 Å². The van der Waals surface area contributed by atoms with E-state index in [2.05, 4.69) is 21.6 Å². The summed E-state index contributed by atoms with van der Waals surface area (Å²) < 4.78 is 2.07. The average molecular weight is 216 g/mol. The van der Waals surface area contributed by atoms with E-state index in [4.69, 9.17) is 4.98 Å². The topological polar surface area (TPSA) is 42.2 Å². The second kappa shape index (κ2) is 3.87. The standard InChI is InChI=1S/C12H16N4/c1-9-12(10-3-2-5-13-7-10)15-11-4-6-14-8-16(9)11/h4,6,8,10,13H,2-3,5,7H2,1H3. The molecule has 1 atom stereocenters. The van der Waals surface area contributed by atoms with E-state index in [1.54, 1.807) is 6.20 Å². The van der Waals surface area contributed by atoms with E-state index in [0.29, 0.717) is 5.92 Å². The second-order valence-corrected chi connectivity index (χ2v) is 4.43. The largest absolute Gasteiger partial charge is 0.316 e. The van der Waals surface area contributed by atoms with Crippen molar-refractivity contribution in [1.29, 1.82) is 0 Å². The molecule has 0 bridgehead atoms. The molecule has 4 heteroatoms. The van der Waals surface area contributed by atoms with Gasteiger partial charge in [-0.15, -0.1) is 0 Å². The molecular formula is C12H16N4. The average Bonchev–Trinajstić information content (AvgIpc) is 2.69. The quantitative estimate of drug-likeness (QED) is 0.785. The molecule has 3 heterocycles. The molecule has 84 valence electrons. The first kappa shape index (κ1) is 9.78.